The van der Waals surface area contributed by atoms with Crippen LogP contribution < -0.4 is 5.32 Å². The summed E-state index contributed by atoms with van der Waals surface area (Å²) in [4.78, 5) is 21.8. The first-order chi connectivity index (χ1) is 14.6. The monoisotopic (exact) mass is 517 g/mol. The fourth-order valence-corrected chi connectivity index (χ4v) is 4.93. The largest absolute Gasteiger partial charge is 0.402 e. The summed E-state index contributed by atoms with van der Waals surface area (Å²) in [5, 5.41) is 2.81. The quantitative estimate of drug-likeness (QED) is 0.370. The zero-order valence-electron chi connectivity index (χ0n) is 17.5. The second kappa shape index (κ2) is 11.3. The Hall–Kier alpha value is -1.60. The maximum absolute atomic E-state index is 14.7. The van der Waals surface area contributed by atoms with E-state index < -0.39 is 24.9 Å². The lowest BCUT2D eigenvalue weighted by Gasteiger charge is -2.25. The number of halogens is 3. The van der Waals surface area contributed by atoms with Crippen molar-refractivity contribution in [3.63, 3.8) is 0 Å². The maximum Gasteiger partial charge on any atom is 0.402 e. The second-order valence-corrected chi connectivity index (χ2v) is 9.95. The molecule has 2 unspecified atom stereocenters. The van der Waals surface area contributed by atoms with Gasteiger partial charge in [0.05, 0.1) is 6.10 Å². The molecule has 0 aromatic heterocycles. The zero-order chi connectivity index (χ0) is 23.1. The summed E-state index contributed by atoms with van der Waals surface area (Å²) >= 11 is 3.08. The van der Waals surface area contributed by atoms with Gasteiger partial charge < -0.3 is 14.7 Å². The lowest BCUT2D eigenvalue weighted by atomic mass is 10.1. The second-order valence-electron chi connectivity index (χ2n) is 7.29. The van der Waals surface area contributed by atoms with Gasteiger partial charge in [-0.1, -0.05) is 65.3 Å². The van der Waals surface area contributed by atoms with Gasteiger partial charge >= 0.3 is 13.3 Å². The van der Waals surface area contributed by atoms with E-state index in [1.165, 1.54) is 19.1 Å². The van der Waals surface area contributed by atoms with E-state index in [0.717, 1.165) is 11.6 Å². The summed E-state index contributed by atoms with van der Waals surface area (Å²) < 4.78 is 46.3. The van der Waals surface area contributed by atoms with Gasteiger partial charge in [-0.15, -0.1) is 0 Å². The molecule has 2 rings (SSSR count). The van der Waals surface area contributed by atoms with Crippen LogP contribution in [0.2, 0.25) is 0 Å². The van der Waals surface area contributed by atoms with Crippen LogP contribution in [0.1, 0.15) is 43.4 Å². The molecule has 0 aliphatic rings. The predicted molar refractivity (Wildman–Crippen MR) is 120 cm³/mol. The van der Waals surface area contributed by atoms with Crippen LogP contribution in [0.25, 0.3) is 0 Å². The fourth-order valence-electron chi connectivity index (χ4n) is 2.83. The third-order valence-corrected chi connectivity index (χ3v) is 7.08. The zero-order valence-corrected chi connectivity index (χ0v) is 20.0. The van der Waals surface area contributed by atoms with Gasteiger partial charge in [0.2, 0.25) is 5.91 Å². The number of carbonyl (C=O) groups excluding carboxylic acids is 1. The summed E-state index contributed by atoms with van der Waals surface area (Å²) in [5.74, 6) is -0.0884. The Morgan fingerprint density at radius 3 is 2.48 bits per heavy atom. The maximum atomic E-state index is 14.7. The third-order valence-electron chi connectivity index (χ3n) is 4.83. The van der Waals surface area contributed by atoms with E-state index in [2.05, 4.69) is 21.2 Å². The van der Waals surface area contributed by atoms with Crippen molar-refractivity contribution in [3.8, 4) is 0 Å². The lowest BCUT2D eigenvalue weighted by Crippen LogP contribution is -2.26. The van der Waals surface area contributed by atoms with Gasteiger partial charge in [0, 0.05) is 23.0 Å². The Labute approximate surface area is 189 Å². The van der Waals surface area contributed by atoms with Crippen LogP contribution >= 0.6 is 23.5 Å². The Kier molecular flexibility index (Phi) is 9.37. The molecule has 9 heteroatoms. The van der Waals surface area contributed by atoms with Crippen molar-refractivity contribution < 1.29 is 27.6 Å². The van der Waals surface area contributed by atoms with Crippen LogP contribution in [0.5, 0.6) is 0 Å². The fraction of sp³-hybridized carbons (Fsp3) is 0.409. The molecular weight excluding hydrogens is 491 g/mol. The smallest absolute Gasteiger partial charge is 0.356 e. The number of hydrogen-bond acceptors (Lipinski definition) is 3. The third kappa shape index (κ3) is 7.21. The Morgan fingerprint density at radius 2 is 1.87 bits per heavy atom. The molecule has 0 fully saturated rings. The number of nitrogens with one attached hydrogen (secondary N) is 1. The van der Waals surface area contributed by atoms with Crippen LogP contribution in [0.3, 0.4) is 0 Å². The van der Waals surface area contributed by atoms with Crippen molar-refractivity contribution in [1.29, 1.82) is 0 Å². The standard InChI is InChI=1S/C22H27BrF2NO4P/c1-3-16(2)30-31(28,29)22(24,25)19-11-9-18(15-20(19)23)13-14-26-21(27)12-10-17-7-5-4-6-8-17/h4-9,11,15-16H,3,10,12-14H2,1-2H3,(H,26,27)(H,28,29). The molecule has 2 N–H and O–H groups in total. The molecule has 0 heterocycles. The van der Waals surface area contributed by atoms with E-state index in [4.69, 9.17) is 4.52 Å². The topological polar surface area (TPSA) is 75.6 Å². The van der Waals surface area contributed by atoms with E-state index in [-0.39, 0.29) is 10.4 Å². The lowest BCUT2D eigenvalue weighted by molar-refractivity contribution is -0.121. The van der Waals surface area contributed by atoms with E-state index >= 15 is 0 Å². The van der Waals surface area contributed by atoms with E-state index in [1.807, 2.05) is 30.3 Å². The molecule has 0 bridgehead atoms. The first-order valence-corrected chi connectivity index (χ1v) is 12.4. The molecule has 31 heavy (non-hydrogen) atoms. The van der Waals surface area contributed by atoms with Gasteiger partial charge in [0.1, 0.15) is 0 Å². The molecule has 0 radical (unpaired) electrons. The summed E-state index contributed by atoms with van der Waals surface area (Å²) in [6.07, 6.45) is 0.993. The summed E-state index contributed by atoms with van der Waals surface area (Å²) in [6, 6.07) is 13.7. The Balaban J connectivity index is 1.93. The minimum absolute atomic E-state index is 0.00688. The van der Waals surface area contributed by atoms with Crippen LogP contribution in [-0.2, 0) is 32.4 Å². The average molecular weight is 518 g/mol. The van der Waals surface area contributed by atoms with Gasteiger partial charge in [-0.05, 0) is 43.4 Å². The molecule has 2 atom stereocenters. The van der Waals surface area contributed by atoms with Crippen LogP contribution in [0, 0.1) is 0 Å². The van der Waals surface area contributed by atoms with Crippen LogP contribution in [0.4, 0.5) is 8.78 Å². The molecular formula is C22H27BrF2NO4P. The summed E-state index contributed by atoms with van der Waals surface area (Å²) in [5.41, 5.74) is -2.89. The first kappa shape index (κ1) is 25.7. The highest BCUT2D eigenvalue weighted by Crippen LogP contribution is 2.64. The number of carbonyl (C=O) groups is 1. The highest BCUT2D eigenvalue weighted by molar-refractivity contribution is 9.10. The SMILES string of the molecule is CCC(C)OP(=O)(O)C(F)(F)c1ccc(CCNC(=O)CCc2ccccc2)cc1Br. The van der Waals surface area contributed by atoms with Gasteiger partial charge in [-0.3, -0.25) is 9.36 Å². The Morgan fingerprint density at radius 1 is 1.19 bits per heavy atom. The van der Waals surface area contributed by atoms with Crippen LogP contribution in [0.15, 0.2) is 53.0 Å². The number of amides is 1. The number of rotatable bonds is 11. The van der Waals surface area contributed by atoms with Gasteiger partial charge in [0.25, 0.3) is 0 Å². The highest BCUT2D eigenvalue weighted by atomic mass is 79.9. The van der Waals surface area contributed by atoms with E-state index in [9.17, 15) is 23.0 Å². The molecule has 170 valence electrons. The van der Waals surface area contributed by atoms with Crippen molar-refractivity contribution in [2.24, 2.45) is 0 Å². The normalized spacial score (nSPS) is 14.6. The number of hydrogen-bond donors (Lipinski definition) is 2. The highest BCUT2D eigenvalue weighted by Gasteiger charge is 2.54. The van der Waals surface area contributed by atoms with Crippen molar-refractivity contribution in [2.75, 3.05) is 6.54 Å². The van der Waals surface area contributed by atoms with Crippen molar-refractivity contribution in [1.82, 2.24) is 5.32 Å². The van der Waals surface area contributed by atoms with Crippen molar-refractivity contribution >= 4 is 29.4 Å². The van der Waals surface area contributed by atoms with Crippen molar-refractivity contribution in [3.05, 3.63) is 69.7 Å². The molecule has 0 spiro atoms. The van der Waals surface area contributed by atoms with Gasteiger partial charge in [-0.25, -0.2) is 0 Å². The average Bonchev–Trinajstić information content (AvgIpc) is 2.72. The first-order valence-electron chi connectivity index (χ1n) is 10.1. The Bertz CT molecular complexity index is 927. The summed E-state index contributed by atoms with van der Waals surface area (Å²) in [7, 11) is -5.22. The number of aryl methyl sites for hydroxylation is 1. The van der Waals surface area contributed by atoms with Crippen LogP contribution in [-0.4, -0.2) is 23.4 Å². The molecule has 0 saturated heterocycles. The number of alkyl halides is 2. The molecule has 0 aliphatic heterocycles. The molecule has 0 aliphatic carbocycles. The predicted octanol–water partition coefficient (Wildman–Crippen LogP) is 5.79. The molecule has 5 nitrogen and oxygen atoms in total. The van der Waals surface area contributed by atoms with E-state index in [1.54, 1.807) is 6.92 Å². The van der Waals surface area contributed by atoms with E-state index in [0.29, 0.717) is 37.8 Å². The number of benzene rings is 2. The molecule has 1 amide bonds. The minimum atomic E-state index is -5.22. The minimum Gasteiger partial charge on any atom is -0.356 e. The molecule has 2 aromatic rings. The molecule has 0 saturated carbocycles. The van der Waals surface area contributed by atoms with Crippen molar-refractivity contribution in [2.45, 2.75) is 51.3 Å². The van der Waals surface area contributed by atoms with Gasteiger partial charge in [-0.2, -0.15) is 8.78 Å². The summed E-state index contributed by atoms with van der Waals surface area (Å²) in [6.45, 7) is 3.49. The van der Waals surface area contributed by atoms with Gasteiger partial charge in [0.15, 0.2) is 0 Å². The molecule has 2 aromatic carbocycles.